The fourth-order valence-corrected chi connectivity index (χ4v) is 3.88. The molecule has 4 rings (SSSR count). The average Bonchev–Trinajstić information content (AvgIpc) is 3.59. The van der Waals surface area contributed by atoms with Crippen molar-refractivity contribution in [1.82, 2.24) is 4.98 Å². The van der Waals surface area contributed by atoms with E-state index in [1.807, 2.05) is 36.4 Å². The first-order valence-corrected chi connectivity index (χ1v) is 11.2. The molecule has 0 saturated heterocycles. The Balaban J connectivity index is 1.43. The third-order valence-electron chi connectivity index (χ3n) is 5.38. The molecule has 1 fully saturated rings. The number of pyridine rings is 1. The number of halogens is 2. The quantitative estimate of drug-likeness (QED) is 0.463. The Kier molecular flexibility index (Phi) is 6.77. The van der Waals surface area contributed by atoms with Gasteiger partial charge in [0, 0.05) is 24.1 Å². The van der Waals surface area contributed by atoms with Crippen molar-refractivity contribution >= 4 is 46.4 Å². The first-order valence-electron chi connectivity index (χ1n) is 10.5. The maximum absolute atomic E-state index is 12.3. The lowest BCUT2D eigenvalue weighted by atomic mass is 10.1. The number of carbonyl (C=O) groups is 2. The van der Waals surface area contributed by atoms with Gasteiger partial charge in [0.05, 0.1) is 34.7 Å². The van der Waals surface area contributed by atoms with Crippen LogP contribution < -0.4 is 10.2 Å². The second-order valence-electron chi connectivity index (χ2n) is 8.02. The van der Waals surface area contributed by atoms with E-state index < -0.39 is 0 Å². The van der Waals surface area contributed by atoms with Crippen molar-refractivity contribution in [2.75, 3.05) is 16.8 Å². The van der Waals surface area contributed by atoms with E-state index in [2.05, 4.69) is 10.3 Å². The van der Waals surface area contributed by atoms with Crippen LogP contribution in [0.3, 0.4) is 0 Å². The zero-order valence-corrected chi connectivity index (χ0v) is 19.2. The molecular formula is C25H23Cl2N3O2. The summed E-state index contributed by atoms with van der Waals surface area (Å²) < 4.78 is 0. The van der Waals surface area contributed by atoms with Gasteiger partial charge in [0.1, 0.15) is 0 Å². The lowest BCUT2D eigenvalue weighted by Gasteiger charge is -2.22. The zero-order valence-electron chi connectivity index (χ0n) is 17.6. The van der Waals surface area contributed by atoms with Crippen molar-refractivity contribution < 1.29 is 9.59 Å². The number of nitrogens with one attached hydrogen (secondary N) is 1. The minimum absolute atomic E-state index is 0.0108. The molecule has 1 heterocycles. The number of rotatable bonds is 7. The van der Waals surface area contributed by atoms with Crippen molar-refractivity contribution in [3.63, 3.8) is 0 Å². The monoisotopic (exact) mass is 467 g/mol. The summed E-state index contributed by atoms with van der Waals surface area (Å²) in [5, 5.41) is 4.00. The van der Waals surface area contributed by atoms with Gasteiger partial charge < -0.3 is 10.2 Å². The van der Waals surface area contributed by atoms with Crippen LogP contribution in [0.1, 0.15) is 25.3 Å². The highest BCUT2D eigenvalue weighted by Gasteiger charge is 2.27. The van der Waals surface area contributed by atoms with E-state index in [1.54, 1.807) is 36.2 Å². The van der Waals surface area contributed by atoms with E-state index in [0.29, 0.717) is 28.2 Å². The van der Waals surface area contributed by atoms with Crippen molar-refractivity contribution in [1.29, 1.82) is 0 Å². The molecule has 0 aliphatic heterocycles. The molecule has 7 heteroatoms. The van der Waals surface area contributed by atoms with E-state index in [0.717, 1.165) is 35.3 Å². The zero-order chi connectivity index (χ0) is 22.7. The molecule has 32 heavy (non-hydrogen) atoms. The van der Waals surface area contributed by atoms with Crippen LogP contribution in [0.2, 0.25) is 10.0 Å². The molecule has 2 amide bonds. The van der Waals surface area contributed by atoms with Gasteiger partial charge in [-0.15, -0.1) is 0 Å². The van der Waals surface area contributed by atoms with Gasteiger partial charge in [-0.1, -0.05) is 41.4 Å². The maximum atomic E-state index is 12.3. The number of hydrogen-bond donors (Lipinski definition) is 1. The van der Waals surface area contributed by atoms with Crippen LogP contribution in [0.25, 0.3) is 11.3 Å². The van der Waals surface area contributed by atoms with Crippen LogP contribution in [0.4, 0.5) is 11.4 Å². The highest BCUT2D eigenvalue weighted by Crippen LogP contribution is 2.35. The van der Waals surface area contributed by atoms with Crippen molar-refractivity contribution in [2.45, 2.75) is 26.2 Å². The van der Waals surface area contributed by atoms with Crippen molar-refractivity contribution in [3.8, 4) is 11.3 Å². The molecule has 0 radical (unpaired) electrons. The Morgan fingerprint density at radius 1 is 1.06 bits per heavy atom. The molecule has 164 valence electrons. The van der Waals surface area contributed by atoms with Gasteiger partial charge in [-0.2, -0.15) is 0 Å². The molecule has 1 aromatic heterocycles. The molecule has 3 aromatic rings. The number of aromatic nitrogens is 1. The Bertz CT molecular complexity index is 1130. The van der Waals surface area contributed by atoms with E-state index in [9.17, 15) is 9.59 Å². The van der Waals surface area contributed by atoms with Gasteiger partial charge in [-0.05, 0) is 60.7 Å². The van der Waals surface area contributed by atoms with Gasteiger partial charge in [0.25, 0.3) is 0 Å². The summed E-state index contributed by atoms with van der Waals surface area (Å²) in [6.45, 7) is 2.27. The summed E-state index contributed by atoms with van der Waals surface area (Å²) in [7, 11) is 0. The highest BCUT2D eigenvalue weighted by atomic mass is 35.5. The largest absolute Gasteiger partial charge is 0.324 e. The summed E-state index contributed by atoms with van der Waals surface area (Å²) in [6, 6.07) is 16.4. The molecule has 0 spiro atoms. The minimum Gasteiger partial charge on any atom is -0.324 e. The smallest absolute Gasteiger partial charge is 0.228 e. The molecule has 0 unspecified atom stereocenters. The summed E-state index contributed by atoms with van der Waals surface area (Å²) >= 11 is 12.4. The van der Waals surface area contributed by atoms with Crippen LogP contribution in [0.5, 0.6) is 0 Å². The lowest BCUT2D eigenvalue weighted by molar-refractivity contribution is -0.117. The van der Waals surface area contributed by atoms with Crippen molar-refractivity contribution in [3.05, 3.63) is 76.4 Å². The molecule has 0 atom stereocenters. The average molecular weight is 468 g/mol. The maximum Gasteiger partial charge on any atom is 0.228 e. The molecule has 1 aliphatic carbocycles. The predicted octanol–water partition coefficient (Wildman–Crippen LogP) is 6.00. The van der Waals surface area contributed by atoms with Gasteiger partial charge in [0.15, 0.2) is 0 Å². The second kappa shape index (κ2) is 9.72. The number of amides is 2. The SMILES string of the molecule is CC(=O)N(CC1CC1)c1ccc(-c2ccc(NC(=O)Cc3ccc(Cl)cc3)cn2)cc1Cl. The molecule has 1 saturated carbocycles. The third kappa shape index (κ3) is 5.67. The fourth-order valence-electron chi connectivity index (χ4n) is 3.47. The Hall–Kier alpha value is -2.89. The van der Waals surface area contributed by atoms with Gasteiger partial charge in [0.2, 0.25) is 11.8 Å². The highest BCUT2D eigenvalue weighted by molar-refractivity contribution is 6.34. The standard InChI is InChI=1S/C25H23Cl2N3O2/c1-16(31)30(15-18-2-3-18)24-11-6-19(13-22(24)27)23-10-9-21(14-28-23)29-25(32)12-17-4-7-20(26)8-5-17/h4-11,13-14,18H,2-3,12,15H2,1H3,(H,29,32). The molecule has 1 N–H and O–H groups in total. The number of hydrogen-bond acceptors (Lipinski definition) is 3. The number of carbonyl (C=O) groups excluding carboxylic acids is 2. The molecule has 0 bridgehead atoms. The molecule has 1 aliphatic rings. The molecular weight excluding hydrogens is 445 g/mol. The third-order valence-corrected chi connectivity index (χ3v) is 5.93. The Morgan fingerprint density at radius 3 is 2.41 bits per heavy atom. The van der Waals surface area contributed by atoms with E-state index >= 15 is 0 Å². The summed E-state index contributed by atoms with van der Waals surface area (Å²) in [5.41, 5.74) is 3.79. The number of nitrogens with zero attached hydrogens (tertiary/aromatic N) is 2. The normalized spacial score (nSPS) is 13.0. The molecule has 2 aromatic carbocycles. The summed E-state index contributed by atoms with van der Waals surface area (Å²) in [6.07, 6.45) is 4.19. The van der Waals surface area contributed by atoms with Gasteiger partial charge >= 0.3 is 0 Å². The van der Waals surface area contributed by atoms with Crippen LogP contribution >= 0.6 is 23.2 Å². The summed E-state index contributed by atoms with van der Waals surface area (Å²) in [5.74, 6) is 0.427. The number of benzene rings is 2. The van der Waals surface area contributed by atoms with Crippen molar-refractivity contribution in [2.24, 2.45) is 5.92 Å². The second-order valence-corrected chi connectivity index (χ2v) is 8.87. The van der Waals surface area contributed by atoms with Gasteiger partial charge in [-0.3, -0.25) is 14.6 Å². The predicted molar refractivity (Wildman–Crippen MR) is 129 cm³/mol. The molecule has 5 nitrogen and oxygen atoms in total. The first kappa shape index (κ1) is 22.3. The first-order chi connectivity index (χ1) is 15.4. The summed E-state index contributed by atoms with van der Waals surface area (Å²) in [4.78, 5) is 30.6. The van der Waals surface area contributed by atoms with Crippen LogP contribution in [0, 0.1) is 5.92 Å². The van der Waals surface area contributed by atoms with E-state index in [4.69, 9.17) is 23.2 Å². The Labute approximate surface area is 197 Å². The number of anilines is 2. The lowest BCUT2D eigenvalue weighted by Crippen LogP contribution is -2.30. The Morgan fingerprint density at radius 2 is 1.81 bits per heavy atom. The van der Waals surface area contributed by atoms with Crippen LogP contribution in [-0.2, 0) is 16.0 Å². The topological polar surface area (TPSA) is 62.3 Å². The van der Waals surface area contributed by atoms with E-state index in [1.165, 1.54) is 0 Å². The van der Waals surface area contributed by atoms with Gasteiger partial charge in [-0.25, -0.2) is 0 Å². The minimum atomic E-state index is -0.130. The van der Waals surface area contributed by atoms with E-state index in [-0.39, 0.29) is 18.2 Å². The fraction of sp³-hybridized carbons (Fsp3) is 0.240. The van der Waals surface area contributed by atoms with Crippen LogP contribution in [-0.4, -0.2) is 23.3 Å². The van der Waals surface area contributed by atoms with Crippen LogP contribution in [0.15, 0.2) is 60.8 Å².